The predicted octanol–water partition coefficient (Wildman–Crippen LogP) is 2.55. The molecule has 1 aromatic carbocycles. The van der Waals surface area contributed by atoms with Gasteiger partial charge in [0.25, 0.3) is 0 Å². The maximum Gasteiger partial charge on any atom is 0.323 e. The average Bonchev–Trinajstić information content (AvgIpc) is 2.73. The lowest BCUT2D eigenvalue weighted by molar-refractivity contribution is -0.135. The number of carbonyl (C=O) groups is 3. The third-order valence-electron chi connectivity index (χ3n) is 6.06. The fourth-order valence-corrected chi connectivity index (χ4v) is 4.60. The molecule has 8 nitrogen and oxygen atoms in total. The molecule has 0 radical (unpaired) electrons. The van der Waals surface area contributed by atoms with Crippen molar-refractivity contribution in [1.82, 2.24) is 16.0 Å². The van der Waals surface area contributed by atoms with Crippen LogP contribution in [-0.2, 0) is 9.59 Å². The number of fused-ring (bicyclic) bond motifs is 1. The van der Waals surface area contributed by atoms with Crippen LogP contribution in [0.2, 0.25) is 0 Å². The minimum atomic E-state index is -1.06. The molecule has 1 saturated carbocycles. The molecular weight excluding hydrogens is 384 g/mol. The van der Waals surface area contributed by atoms with E-state index in [0.717, 1.165) is 37.8 Å². The largest absolute Gasteiger partial charge is 0.480 e. The zero-order chi connectivity index (χ0) is 21.7. The Bertz CT molecular complexity index is 776. The fraction of sp³-hybridized carbons (Fsp3) is 0.591. The highest BCUT2D eigenvalue weighted by Gasteiger charge is 2.34. The highest BCUT2D eigenvalue weighted by molar-refractivity contribution is 5.95. The van der Waals surface area contributed by atoms with Gasteiger partial charge in [0.1, 0.15) is 6.54 Å². The van der Waals surface area contributed by atoms with E-state index < -0.39 is 12.0 Å². The van der Waals surface area contributed by atoms with E-state index in [1.54, 1.807) is 0 Å². The standard InChI is InChI=1S/C22H32N4O4/c1-3-20(27)26-14(2)12-18(17-6-4-5-7-19(17)26)24-15-8-10-16(11-9-15)25-22(30)23-13-21(28)29/h4-7,14-16,18,24H,3,8-13H2,1-2H3,(H,28,29)(H2,23,25,30)/t14-,15?,16?,18-/m1/s1. The van der Waals surface area contributed by atoms with Gasteiger partial charge in [0, 0.05) is 36.3 Å². The van der Waals surface area contributed by atoms with Crippen molar-refractivity contribution in [3.05, 3.63) is 29.8 Å². The summed E-state index contributed by atoms with van der Waals surface area (Å²) in [6.07, 6.45) is 4.94. The van der Waals surface area contributed by atoms with Gasteiger partial charge in [0.15, 0.2) is 0 Å². The normalized spacial score (nSPS) is 25.9. The molecule has 1 aromatic rings. The first-order chi connectivity index (χ1) is 14.4. The number of carboxylic acid groups (broad SMARTS) is 1. The fourth-order valence-electron chi connectivity index (χ4n) is 4.60. The van der Waals surface area contributed by atoms with Gasteiger partial charge in [-0.1, -0.05) is 25.1 Å². The SMILES string of the molecule is CCC(=O)N1c2ccccc2[C@H](NC2CCC(NC(=O)NCC(=O)O)CC2)C[C@H]1C. The third-order valence-corrected chi connectivity index (χ3v) is 6.06. The Kier molecular flexibility index (Phi) is 7.31. The van der Waals surface area contributed by atoms with Gasteiger partial charge in [0.05, 0.1) is 0 Å². The zero-order valence-electron chi connectivity index (χ0n) is 17.7. The molecule has 0 saturated heterocycles. The number of carbonyl (C=O) groups excluding carboxylic acids is 2. The van der Waals surface area contributed by atoms with Crippen LogP contribution in [0.1, 0.15) is 64.0 Å². The van der Waals surface area contributed by atoms with Gasteiger partial charge < -0.3 is 26.0 Å². The molecular formula is C22H32N4O4. The van der Waals surface area contributed by atoms with Crippen molar-refractivity contribution in [3.8, 4) is 0 Å². The van der Waals surface area contributed by atoms with Gasteiger partial charge in [-0.25, -0.2) is 4.79 Å². The van der Waals surface area contributed by atoms with E-state index in [1.165, 1.54) is 5.56 Å². The number of rotatable bonds is 6. The molecule has 0 bridgehead atoms. The van der Waals surface area contributed by atoms with Gasteiger partial charge in [-0.15, -0.1) is 0 Å². The summed E-state index contributed by atoms with van der Waals surface area (Å²) in [6, 6.07) is 8.47. The van der Waals surface area contributed by atoms with Gasteiger partial charge in [0.2, 0.25) is 5.91 Å². The molecule has 2 atom stereocenters. The second kappa shape index (κ2) is 9.93. The van der Waals surface area contributed by atoms with Crippen molar-refractivity contribution in [2.45, 2.75) is 76.5 Å². The lowest BCUT2D eigenvalue weighted by Gasteiger charge is -2.41. The quantitative estimate of drug-likeness (QED) is 0.570. The van der Waals surface area contributed by atoms with E-state index in [-0.39, 0.29) is 30.6 Å². The zero-order valence-corrected chi connectivity index (χ0v) is 17.7. The van der Waals surface area contributed by atoms with Crippen LogP contribution in [0, 0.1) is 0 Å². The molecule has 0 spiro atoms. The number of benzene rings is 1. The summed E-state index contributed by atoms with van der Waals surface area (Å²) in [7, 11) is 0. The molecule has 4 N–H and O–H groups in total. The number of hydrogen-bond acceptors (Lipinski definition) is 4. The lowest BCUT2D eigenvalue weighted by Crippen LogP contribution is -2.49. The average molecular weight is 417 g/mol. The molecule has 0 unspecified atom stereocenters. The van der Waals surface area contributed by atoms with Crippen LogP contribution in [0.5, 0.6) is 0 Å². The van der Waals surface area contributed by atoms with E-state index in [9.17, 15) is 14.4 Å². The molecule has 1 aliphatic heterocycles. The number of aliphatic carboxylic acids is 1. The minimum absolute atomic E-state index is 0.0621. The summed E-state index contributed by atoms with van der Waals surface area (Å²) >= 11 is 0. The monoisotopic (exact) mass is 416 g/mol. The molecule has 0 aromatic heterocycles. The van der Waals surface area contributed by atoms with Gasteiger partial charge in [-0.2, -0.15) is 0 Å². The van der Waals surface area contributed by atoms with Crippen molar-refractivity contribution in [1.29, 1.82) is 0 Å². The summed E-state index contributed by atoms with van der Waals surface area (Å²) < 4.78 is 0. The lowest BCUT2D eigenvalue weighted by atomic mass is 9.87. The number of urea groups is 1. The Balaban J connectivity index is 1.56. The van der Waals surface area contributed by atoms with Crippen LogP contribution < -0.4 is 20.9 Å². The van der Waals surface area contributed by atoms with Crippen molar-refractivity contribution in [3.63, 3.8) is 0 Å². The molecule has 1 heterocycles. The van der Waals surface area contributed by atoms with E-state index in [1.807, 2.05) is 30.0 Å². The number of carboxylic acids is 1. The summed E-state index contributed by atoms with van der Waals surface area (Å²) in [6.45, 7) is 3.63. The first kappa shape index (κ1) is 22.1. The van der Waals surface area contributed by atoms with Crippen LogP contribution in [-0.4, -0.2) is 47.7 Å². The Morgan fingerprint density at radius 1 is 1.10 bits per heavy atom. The van der Waals surface area contributed by atoms with Crippen LogP contribution in [0.3, 0.4) is 0 Å². The second-order valence-corrected chi connectivity index (χ2v) is 8.25. The summed E-state index contributed by atoms with van der Waals surface area (Å²) in [4.78, 5) is 36.7. The van der Waals surface area contributed by atoms with Crippen LogP contribution >= 0.6 is 0 Å². The predicted molar refractivity (Wildman–Crippen MR) is 114 cm³/mol. The van der Waals surface area contributed by atoms with Crippen LogP contribution in [0.4, 0.5) is 10.5 Å². The number of nitrogens with one attached hydrogen (secondary N) is 3. The number of para-hydroxylation sites is 1. The summed E-state index contributed by atoms with van der Waals surface area (Å²) in [5.41, 5.74) is 2.18. The van der Waals surface area contributed by atoms with Gasteiger partial charge in [-0.3, -0.25) is 9.59 Å². The molecule has 164 valence electrons. The Morgan fingerprint density at radius 2 is 1.77 bits per heavy atom. The van der Waals surface area contributed by atoms with Gasteiger partial charge in [-0.05, 0) is 50.7 Å². The Hall–Kier alpha value is -2.61. The van der Waals surface area contributed by atoms with Crippen LogP contribution in [0.15, 0.2) is 24.3 Å². The first-order valence-electron chi connectivity index (χ1n) is 10.8. The van der Waals surface area contributed by atoms with Crippen LogP contribution in [0.25, 0.3) is 0 Å². The number of nitrogens with zero attached hydrogens (tertiary/aromatic N) is 1. The molecule has 2 aliphatic rings. The van der Waals surface area contributed by atoms with Gasteiger partial charge >= 0.3 is 12.0 Å². The molecule has 30 heavy (non-hydrogen) atoms. The molecule has 1 aliphatic carbocycles. The first-order valence-corrected chi connectivity index (χ1v) is 10.8. The molecule has 1 fully saturated rings. The summed E-state index contributed by atoms with van der Waals surface area (Å²) in [5.74, 6) is -0.902. The smallest absolute Gasteiger partial charge is 0.323 e. The van der Waals surface area contributed by atoms with Crippen molar-refractivity contribution < 1.29 is 19.5 Å². The third kappa shape index (κ3) is 5.30. The summed E-state index contributed by atoms with van der Waals surface area (Å²) in [5, 5.41) is 17.6. The number of amides is 3. The van der Waals surface area contributed by atoms with E-state index >= 15 is 0 Å². The van der Waals surface area contributed by atoms with Crippen molar-refractivity contribution in [2.24, 2.45) is 0 Å². The second-order valence-electron chi connectivity index (χ2n) is 8.25. The maximum atomic E-state index is 12.5. The van der Waals surface area contributed by atoms with E-state index in [2.05, 4.69) is 28.9 Å². The van der Waals surface area contributed by atoms with Crippen molar-refractivity contribution >= 4 is 23.6 Å². The number of anilines is 1. The highest BCUT2D eigenvalue weighted by Crippen LogP contribution is 2.38. The van der Waals surface area contributed by atoms with E-state index in [0.29, 0.717) is 12.5 Å². The Labute approximate surface area is 177 Å². The minimum Gasteiger partial charge on any atom is -0.480 e. The molecule has 8 heteroatoms. The highest BCUT2D eigenvalue weighted by atomic mass is 16.4. The maximum absolute atomic E-state index is 12.5. The molecule has 3 amide bonds. The van der Waals surface area contributed by atoms with E-state index in [4.69, 9.17) is 5.11 Å². The van der Waals surface area contributed by atoms with Crippen molar-refractivity contribution in [2.75, 3.05) is 11.4 Å². The number of hydrogen-bond donors (Lipinski definition) is 4. The molecule has 3 rings (SSSR count). The Morgan fingerprint density at radius 3 is 2.43 bits per heavy atom. The topological polar surface area (TPSA) is 111 Å².